The van der Waals surface area contributed by atoms with E-state index in [4.69, 9.17) is 12.2 Å². The number of nitrogens with zero attached hydrogens (tertiary/aromatic N) is 1. The second-order valence-corrected chi connectivity index (χ2v) is 5.45. The Labute approximate surface area is 103 Å². The summed E-state index contributed by atoms with van der Waals surface area (Å²) in [5.74, 6) is 0.414. The maximum atomic E-state index is 9.18. The van der Waals surface area contributed by atoms with Crippen LogP contribution in [0.5, 0.6) is 0 Å². The summed E-state index contributed by atoms with van der Waals surface area (Å²) in [7, 11) is 0. The van der Waals surface area contributed by atoms with Crippen LogP contribution in [0.25, 0.3) is 0 Å². The van der Waals surface area contributed by atoms with Crippen molar-refractivity contribution in [2.45, 2.75) is 44.6 Å². The first-order valence-electron chi connectivity index (χ1n) is 6.46. The number of aliphatic hydroxyl groups excluding tert-OH is 1. The largest absolute Gasteiger partial charge is 0.396 e. The van der Waals surface area contributed by atoms with E-state index in [0.29, 0.717) is 18.6 Å². The molecule has 1 aliphatic carbocycles. The maximum Gasteiger partial charge on any atom is 0.169 e. The molecule has 1 aliphatic heterocycles. The van der Waals surface area contributed by atoms with Crippen LogP contribution in [0.15, 0.2) is 0 Å². The van der Waals surface area contributed by atoms with Gasteiger partial charge in [-0.05, 0) is 43.8 Å². The molecule has 2 fully saturated rings. The molecule has 1 heterocycles. The summed E-state index contributed by atoms with van der Waals surface area (Å²) in [5.41, 5.74) is 0. The van der Waals surface area contributed by atoms with E-state index < -0.39 is 0 Å². The zero-order valence-electron chi connectivity index (χ0n) is 9.82. The maximum absolute atomic E-state index is 9.18. The van der Waals surface area contributed by atoms with Gasteiger partial charge in [0.15, 0.2) is 5.11 Å². The SMILES string of the molecule is OCC1CCCN(C(=S)NC2CCCC2)C1. The summed E-state index contributed by atoms with van der Waals surface area (Å²) in [4.78, 5) is 2.23. The van der Waals surface area contributed by atoms with Crippen LogP contribution < -0.4 is 5.32 Å². The van der Waals surface area contributed by atoms with Gasteiger partial charge in [-0.1, -0.05) is 12.8 Å². The number of aliphatic hydroxyl groups is 1. The highest BCUT2D eigenvalue weighted by Crippen LogP contribution is 2.19. The van der Waals surface area contributed by atoms with E-state index in [1.807, 2.05) is 0 Å². The number of hydrogen-bond donors (Lipinski definition) is 2. The normalized spacial score (nSPS) is 27.1. The third-order valence-corrected chi connectivity index (χ3v) is 4.12. The van der Waals surface area contributed by atoms with Crippen LogP contribution in [0, 0.1) is 5.92 Å². The fourth-order valence-electron chi connectivity index (χ4n) is 2.73. The third kappa shape index (κ3) is 3.08. The average molecular weight is 242 g/mol. The Morgan fingerprint density at radius 1 is 1.25 bits per heavy atom. The Kier molecular flexibility index (Phi) is 4.41. The third-order valence-electron chi connectivity index (χ3n) is 3.75. The summed E-state index contributed by atoms with van der Waals surface area (Å²) in [6.07, 6.45) is 7.48. The highest BCUT2D eigenvalue weighted by Gasteiger charge is 2.23. The summed E-state index contributed by atoms with van der Waals surface area (Å²) >= 11 is 5.44. The van der Waals surface area contributed by atoms with Crippen LogP contribution in [0.3, 0.4) is 0 Å². The van der Waals surface area contributed by atoms with Crippen LogP contribution in [0.1, 0.15) is 38.5 Å². The lowest BCUT2D eigenvalue weighted by molar-refractivity contribution is 0.159. The first-order valence-corrected chi connectivity index (χ1v) is 6.86. The molecular weight excluding hydrogens is 220 g/mol. The minimum Gasteiger partial charge on any atom is -0.396 e. The number of likely N-dealkylation sites (tertiary alicyclic amines) is 1. The molecule has 3 nitrogen and oxygen atoms in total. The number of nitrogens with one attached hydrogen (secondary N) is 1. The van der Waals surface area contributed by atoms with Crippen molar-refractivity contribution < 1.29 is 5.11 Å². The van der Waals surface area contributed by atoms with Gasteiger partial charge in [0, 0.05) is 25.7 Å². The molecule has 0 amide bonds. The van der Waals surface area contributed by atoms with E-state index in [2.05, 4.69) is 10.2 Å². The van der Waals surface area contributed by atoms with Crippen LogP contribution in [0.4, 0.5) is 0 Å². The molecule has 0 radical (unpaired) electrons. The number of hydrogen-bond acceptors (Lipinski definition) is 2. The van der Waals surface area contributed by atoms with Gasteiger partial charge in [-0.3, -0.25) is 0 Å². The van der Waals surface area contributed by atoms with Crippen molar-refractivity contribution in [3.63, 3.8) is 0 Å². The lowest BCUT2D eigenvalue weighted by Gasteiger charge is -2.34. The first kappa shape index (κ1) is 12.1. The van der Waals surface area contributed by atoms with Crippen molar-refractivity contribution in [3.8, 4) is 0 Å². The lowest BCUT2D eigenvalue weighted by Crippen LogP contribution is -2.48. The van der Waals surface area contributed by atoms with E-state index in [1.54, 1.807) is 0 Å². The fraction of sp³-hybridized carbons (Fsp3) is 0.917. The Morgan fingerprint density at radius 3 is 2.69 bits per heavy atom. The summed E-state index contributed by atoms with van der Waals surface area (Å²) in [6, 6.07) is 0.599. The smallest absolute Gasteiger partial charge is 0.169 e. The van der Waals surface area contributed by atoms with Crippen LogP contribution in [0.2, 0.25) is 0 Å². The van der Waals surface area contributed by atoms with Gasteiger partial charge in [0.25, 0.3) is 0 Å². The van der Waals surface area contributed by atoms with Crippen molar-refractivity contribution in [2.24, 2.45) is 5.92 Å². The average Bonchev–Trinajstić information content (AvgIpc) is 2.82. The summed E-state index contributed by atoms with van der Waals surface area (Å²) in [6.45, 7) is 2.27. The summed E-state index contributed by atoms with van der Waals surface area (Å²) < 4.78 is 0. The number of thiocarbonyl (C=S) groups is 1. The van der Waals surface area contributed by atoms with Gasteiger partial charge in [0.1, 0.15) is 0 Å². The van der Waals surface area contributed by atoms with Gasteiger partial charge < -0.3 is 15.3 Å². The first-order chi connectivity index (χ1) is 7.79. The van der Waals surface area contributed by atoms with Crippen molar-refractivity contribution in [3.05, 3.63) is 0 Å². The van der Waals surface area contributed by atoms with Gasteiger partial charge in [-0.2, -0.15) is 0 Å². The standard InChI is InChI=1S/C12H22N2OS/c15-9-10-4-3-7-14(8-10)12(16)13-11-5-1-2-6-11/h10-11,15H,1-9H2,(H,13,16). The van der Waals surface area contributed by atoms with E-state index in [-0.39, 0.29) is 0 Å². The van der Waals surface area contributed by atoms with Gasteiger partial charge in [-0.25, -0.2) is 0 Å². The lowest BCUT2D eigenvalue weighted by atomic mass is 9.99. The highest BCUT2D eigenvalue weighted by molar-refractivity contribution is 7.80. The monoisotopic (exact) mass is 242 g/mol. The van der Waals surface area contributed by atoms with Gasteiger partial charge in [0.05, 0.1) is 0 Å². The van der Waals surface area contributed by atoms with Crippen LogP contribution >= 0.6 is 12.2 Å². The molecule has 1 saturated heterocycles. The molecule has 1 atom stereocenters. The van der Waals surface area contributed by atoms with Crippen molar-refractivity contribution in [1.82, 2.24) is 10.2 Å². The molecule has 0 aromatic rings. The molecule has 0 spiro atoms. The Hall–Kier alpha value is -0.350. The predicted molar refractivity (Wildman–Crippen MR) is 69.4 cm³/mol. The molecular formula is C12H22N2OS. The molecule has 0 aromatic heterocycles. The zero-order chi connectivity index (χ0) is 11.4. The molecule has 1 saturated carbocycles. The highest BCUT2D eigenvalue weighted by atomic mass is 32.1. The summed E-state index contributed by atoms with van der Waals surface area (Å²) in [5, 5.41) is 13.6. The Morgan fingerprint density at radius 2 is 2.00 bits per heavy atom. The number of piperidine rings is 1. The molecule has 2 aliphatic rings. The van der Waals surface area contributed by atoms with Crippen LogP contribution in [-0.4, -0.2) is 40.9 Å². The molecule has 1 unspecified atom stereocenters. The second-order valence-electron chi connectivity index (χ2n) is 5.07. The fourth-order valence-corrected chi connectivity index (χ4v) is 3.07. The van der Waals surface area contributed by atoms with Gasteiger partial charge in [0.2, 0.25) is 0 Å². The minimum atomic E-state index is 0.294. The topological polar surface area (TPSA) is 35.5 Å². The van der Waals surface area contributed by atoms with E-state index in [9.17, 15) is 5.11 Å². The Bertz CT molecular complexity index is 241. The van der Waals surface area contributed by atoms with Crippen LogP contribution in [-0.2, 0) is 0 Å². The predicted octanol–water partition coefficient (Wildman–Crippen LogP) is 1.51. The van der Waals surface area contributed by atoms with Gasteiger partial charge >= 0.3 is 0 Å². The molecule has 4 heteroatoms. The van der Waals surface area contributed by atoms with E-state index >= 15 is 0 Å². The van der Waals surface area contributed by atoms with Gasteiger partial charge in [-0.15, -0.1) is 0 Å². The second kappa shape index (κ2) is 5.82. The molecule has 2 N–H and O–H groups in total. The molecule has 16 heavy (non-hydrogen) atoms. The Balaban J connectivity index is 1.79. The minimum absolute atomic E-state index is 0.294. The van der Waals surface area contributed by atoms with E-state index in [0.717, 1.165) is 31.0 Å². The van der Waals surface area contributed by atoms with Crippen molar-refractivity contribution >= 4 is 17.3 Å². The zero-order valence-corrected chi connectivity index (χ0v) is 10.6. The molecule has 0 aromatic carbocycles. The molecule has 2 rings (SSSR count). The number of rotatable bonds is 2. The van der Waals surface area contributed by atoms with Crippen molar-refractivity contribution in [1.29, 1.82) is 0 Å². The molecule has 92 valence electrons. The van der Waals surface area contributed by atoms with E-state index in [1.165, 1.54) is 25.7 Å². The molecule has 0 bridgehead atoms. The van der Waals surface area contributed by atoms with Crippen molar-refractivity contribution in [2.75, 3.05) is 19.7 Å². The quantitative estimate of drug-likeness (QED) is 0.720.